The molecule has 5 nitrogen and oxygen atoms in total. The largest absolute Gasteiger partial charge is 0.490 e. The molecule has 160 valence electrons. The second kappa shape index (κ2) is 9.52. The van der Waals surface area contributed by atoms with Crippen molar-refractivity contribution in [2.75, 3.05) is 26.3 Å². The molecule has 4 rings (SSSR count). The third-order valence-corrected chi connectivity index (χ3v) is 5.94. The van der Waals surface area contributed by atoms with E-state index in [4.69, 9.17) is 9.47 Å². The van der Waals surface area contributed by atoms with Crippen LogP contribution >= 0.6 is 0 Å². The summed E-state index contributed by atoms with van der Waals surface area (Å²) < 4.78 is 11.7. The summed E-state index contributed by atoms with van der Waals surface area (Å²) in [4.78, 5) is 15.4. The third kappa shape index (κ3) is 4.62. The number of fused-ring (bicyclic) bond motifs is 1. The summed E-state index contributed by atoms with van der Waals surface area (Å²) in [5.74, 6) is 2.05. The molecule has 0 aliphatic carbocycles. The van der Waals surface area contributed by atoms with Gasteiger partial charge in [-0.1, -0.05) is 50.2 Å². The molecule has 2 aromatic carbocycles. The van der Waals surface area contributed by atoms with E-state index in [2.05, 4.69) is 31.3 Å². The van der Waals surface area contributed by atoms with Gasteiger partial charge in [0.15, 0.2) is 11.5 Å². The highest BCUT2D eigenvalue weighted by atomic mass is 16.5. The molecule has 0 aromatic heterocycles. The van der Waals surface area contributed by atoms with Crippen LogP contribution in [0.3, 0.4) is 0 Å². The number of amides is 1. The number of rotatable bonds is 6. The third-order valence-electron chi connectivity index (χ3n) is 5.94. The highest BCUT2D eigenvalue weighted by Gasteiger charge is 2.31. The van der Waals surface area contributed by atoms with Crippen LogP contribution < -0.4 is 14.8 Å². The summed E-state index contributed by atoms with van der Waals surface area (Å²) in [6.45, 7) is 7.40. The number of nitrogens with zero attached hydrogens (tertiary/aromatic N) is 1. The average molecular weight is 409 g/mol. The Kier molecular flexibility index (Phi) is 6.58. The monoisotopic (exact) mass is 408 g/mol. The molecule has 2 aliphatic heterocycles. The van der Waals surface area contributed by atoms with Crippen molar-refractivity contribution in [2.45, 2.75) is 45.2 Å². The normalized spacial score (nSPS) is 18.2. The SMILES string of the molecule is CC(C)[C@H](N[C@@H](C(=O)N1CCCC1)c1ccccc1)c1ccc2c(c1)OCCCO2. The van der Waals surface area contributed by atoms with Crippen molar-refractivity contribution < 1.29 is 14.3 Å². The minimum Gasteiger partial charge on any atom is -0.490 e. The summed E-state index contributed by atoms with van der Waals surface area (Å²) in [7, 11) is 0. The zero-order valence-corrected chi connectivity index (χ0v) is 18.0. The van der Waals surface area contributed by atoms with E-state index in [1.54, 1.807) is 0 Å². The number of benzene rings is 2. The fourth-order valence-corrected chi connectivity index (χ4v) is 4.30. The van der Waals surface area contributed by atoms with Crippen molar-refractivity contribution in [3.05, 3.63) is 59.7 Å². The lowest BCUT2D eigenvalue weighted by Crippen LogP contribution is -2.42. The van der Waals surface area contributed by atoms with Crippen LogP contribution in [0.4, 0.5) is 0 Å². The first-order chi connectivity index (χ1) is 14.6. The van der Waals surface area contributed by atoms with Gasteiger partial charge >= 0.3 is 0 Å². The number of ether oxygens (including phenoxy) is 2. The molecule has 0 spiro atoms. The lowest BCUT2D eigenvalue weighted by molar-refractivity contribution is -0.132. The lowest BCUT2D eigenvalue weighted by atomic mass is 9.93. The van der Waals surface area contributed by atoms with Crippen molar-refractivity contribution in [3.8, 4) is 11.5 Å². The van der Waals surface area contributed by atoms with Crippen molar-refractivity contribution in [1.29, 1.82) is 0 Å². The molecule has 5 heteroatoms. The number of nitrogens with one attached hydrogen (secondary N) is 1. The van der Waals surface area contributed by atoms with Crippen LogP contribution in [0.15, 0.2) is 48.5 Å². The predicted octanol–water partition coefficient (Wildman–Crippen LogP) is 4.50. The quantitative estimate of drug-likeness (QED) is 0.765. The second-order valence-corrected chi connectivity index (χ2v) is 8.52. The fourth-order valence-electron chi connectivity index (χ4n) is 4.30. The number of likely N-dealkylation sites (tertiary alicyclic amines) is 1. The predicted molar refractivity (Wildman–Crippen MR) is 118 cm³/mol. The van der Waals surface area contributed by atoms with Gasteiger partial charge in [-0.05, 0) is 42.0 Å². The molecule has 2 aromatic rings. The van der Waals surface area contributed by atoms with E-state index in [9.17, 15) is 4.79 Å². The van der Waals surface area contributed by atoms with Gasteiger partial charge in [-0.15, -0.1) is 0 Å². The zero-order valence-electron chi connectivity index (χ0n) is 18.0. The van der Waals surface area contributed by atoms with Gasteiger partial charge in [0.1, 0.15) is 6.04 Å². The van der Waals surface area contributed by atoms with Gasteiger partial charge in [0.25, 0.3) is 0 Å². The number of carbonyl (C=O) groups excluding carboxylic acids is 1. The summed E-state index contributed by atoms with van der Waals surface area (Å²) >= 11 is 0. The number of carbonyl (C=O) groups is 1. The maximum atomic E-state index is 13.4. The minimum absolute atomic E-state index is 0.0129. The molecule has 30 heavy (non-hydrogen) atoms. The maximum Gasteiger partial charge on any atom is 0.244 e. The van der Waals surface area contributed by atoms with Crippen LogP contribution in [-0.2, 0) is 4.79 Å². The summed E-state index contributed by atoms with van der Waals surface area (Å²) in [6, 6.07) is 15.9. The van der Waals surface area contributed by atoms with E-state index in [0.717, 1.165) is 55.0 Å². The number of hydrogen-bond donors (Lipinski definition) is 1. The number of hydrogen-bond acceptors (Lipinski definition) is 4. The first-order valence-corrected chi connectivity index (χ1v) is 11.1. The molecule has 1 amide bonds. The fraction of sp³-hybridized carbons (Fsp3) is 0.480. The Bertz CT molecular complexity index is 847. The van der Waals surface area contributed by atoms with Crippen LogP contribution in [0, 0.1) is 5.92 Å². The highest BCUT2D eigenvalue weighted by molar-refractivity contribution is 5.83. The van der Waals surface area contributed by atoms with Gasteiger partial charge in [0.05, 0.1) is 13.2 Å². The van der Waals surface area contributed by atoms with Gasteiger partial charge in [0, 0.05) is 25.6 Å². The molecule has 1 saturated heterocycles. The van der Waals surface area contributed by atoms with Crippen molar-refractivity contribution in [2.24, 2.45) is 5.92 Å². The van der Waals surface area contributed by atoms with Crippen LogP contribution in [0.25, 0.3) is 0 Å². The van der Waals surface area contributed by atoms with Gasteiger partial charge < -0.3 is 14.4 Å². The molecule has 1 fully saturated rings. The van der Waals surface area contributed by atoms with Crippen LogP contribution in [0.2, 0.25) is 0 Å². The van der Waals surface area contributed by atoms with Gasteiger partial charge in [0.2, 0.25) is 5.91 Å². The Morgan fingerprint density at radius 3 is 2.30 bits per heavy atom. The molecule has 0 bridgehead atoms. The van der Waals surface area contributed by atoms with Crippen molar-refractivity contribution >= 4 is 5.91 Å². The van der Waals surface area contributed by atoms with E-state index in [-0.39, 0.29) is 18.0 Å². The summed E-state index contributed by atoms with van der Waals surface area (Å²) in [5, 5.41) is 3.70. The molecule has 2 heterocycles. The summed E-state index contributed by atoms with van der Waals surface area (Å²) in [6.07, 6.45) is 3.06. The molecule has 0 unspecified atom stereocenters. The first-order valence-electron chi connectivity index (χ1n) is 11.1. The molecule has 0 radical (unpaired) electrons. The molecular weight excluding hydrogens is 376 g/mol. The van der Waals surface area contributed by atoms with Crippen LogP contribution in [0.1, 0.15) is 56.3 Å². The minimum atomic E-state index is -0.368. The van der Waals surface area contributed by atoms with Crippen molar-refractivity contribution in [1.82, 2.24) is 10.2 Å². The Labute approximate surface area is 179 Å². The Balaban J connectivity index is 1.63. The molecular formula is C25H32N2O3. The Morgan fingerprint density at radius 2 is 1.60 bits per heavy atom. The summed E-state index contributed by atoms with van der Waals surface area (Å²) in [5.41, 5.74) is 2.12. The van der Waals surface area contributed by atoms with E-state index in [1.807, 2.05) is 41.3 Å². The van der Waals surface area contributed by atoms with E-state index in [0.29, 0.717) is 19.1 Å². The highest BCUT2D eigenvalue weighted by Crippen LogP contribution is 2.35. The van der Waals surface area contributed by atoms with Crippen LogP contribution in [-0.4, -0.2) is 37.1 Å². The molecule has 1 N–H and O–H groups in total. The molecule has 2 aliphatic rings. The van der Waals surface area contributed by atoms with Crippen molar-refractivity contribution in [3.63, 3.8) is 0 Å². The van der Waals surface area contributed by atoms with E-state index in [1.165, 1.54) is 0 Å². The Hall–Kier alpha value is -2.53. The standard InChI is InChI=1S/C25H32N2O3/c1-18(2)23(20-11-12-21-22(17-20)30-16-8-15-29-21)26-24(19-9-4-3-5-10-19)25(28)27-13-6-7-14-27/h3-5,9-12,17-18,23-24,26H,6-8,13-16H2,1-2H3/t23-,24+/m0/s1. The topological polar surface area (TPSA) is 50.8 Å². The molecule has 2 atom stereocenters. The van der Waals surface area contributed by atoms with Gasteiger partial charge in [-0.25, -0.2) is 0 Å². The van der Waals surface area contributed by atoms with E-state index < -0.39 is 0 Å². The average Bonchev–Trinajstić information content (AvgIpc) is 3.20. The lowest BCUT2D eigenvalue weighted by Gasteiger charge is -2.31. The second-order valence-electron chi connectivity index (χ2n) is 8.52. The van der Waals surface area contributed by atoms with E-state index >= 15 is 0 Å². The van der Waals surface area contributed by atoms with Gasteiger partial charge in [-0.2, -0.15) is 0 Å². The van der Waals surface area contributed by atoms with Crippen LogP contribution in [0.5, 0.6) is 11.5 Å². The Morgan fingerprint density at radius 1 is 0.900 bits per heavy atom. The van der Waals surface area contributed by atoms with Gasteiger partial charge in [-0.3, -0.25) is 10.1 Å². The first kappa shape index (κ1) is 20.7. The zero-order chi connectivity index (χ0) is 20.9. The molecule has 0 saturated carbocycles. The smallest absolute Gasteiger partial charge is 0.244 e. The maximum absolute atomic E-state index is 13.4.